The van der Waals surface area contributed by atoms with Gasteiger partial charge in [-0.3, -0.25) is 4.90 Å². The number of aliphatic hydroxyl groups is 2. The molecule has 0 unspecified atom stereocenters. The summed E-state index contributed by atoms with van der Waals surface area (Å²) < 4.78 is 13.1. The first kappa shape index (κ1) is 23.5. The van der Waals surface area contributed by atoms with Gasteiger partial charge in [-0.15, -0.1) is 0 Å². The van der Waals surface area contributed by atoms with Crippen molar-refractivity contribution in [2.75, 3.05) is 13.1 Å². The number of aliphatic hydroxyl groups excluding tert-OH is 2. The Kier molecular flexibility index (Phi) is 6.52. The van der Waals surface area contributed by atoms with Crippen molar-refractivity contribution < 1.29 is 19.1 Å². The number of hydrogen-bond donors (Lipinski definition) is 2. The molecule has 0 bridgehead atoms. The molecule has 0 amide bonds. The summed E-state index contributed by atoms with van der Waals surface area (Å²) >= 11 is 0. The monoisotopic (exact) mass is 417 g/mol. The molecule has 2 rings (SSSR count). The summed E-state index contributed by atoms with van der Waals surface area (Å²) in [7, 11) is -3.93. The molecule has 2 aliphatic heterocycles. The van der Waals surface area contributed by atoms with Crippen LogP contribution >= 0.6 is 0 Å². The van der Waals surface area contributed by atoms with E-state index in [1.807, 2.05) is 0 Å². The highest BCUT2D eigenvalue weighted by Gasteiger charge is 2.53. The van der Waals surface area contributed by atoms with E-state index in [2.05, 4.69) is 72.6 Å². The first-order valence-corrected chi connectivity index (χ1v) is 16.3. The van der Waals surface area contributed by atoms with Gasteiger partial charge in [-0.05, 0) is 42.7 Å². The number of piperidine rings is 1. The third kappa shape index (κ3) is 4.70. The Morgan fingerprint density at radius 1 is 0.778 bits per heavy atom. The van der Waals surface area contributed by atoms with Gasteiger partial charge in [0.1, 0.15) is 12.2 Å². The van der Waals surface area contributed by atoms with Gasteiger partial charge in [0, 0.05) is 13.1 Å². The van der Waals surface area contributed by atoms with Gasteiger partial charge >= 0.3 is 0 Å². The maximum absolute atomic E-state index is 11.0. The molecule has 0 saturated carbocycles. The highest BCUT2D eigenvalue weighted by molar-refractivity contribution is 6.74. The molecule has 2 N–H and O–H groups in total. The van der Waals surface area contributed by atoms with Crippen molar-refractivity contribution >= 4 is 16.6 Å². The summed E-state index contributed by atoms with van der Waals surface area (Å²) in [6.07, 6.45) is -1.11. The molecule has 5 nitrogen and oxygen atoms in total. The summed E-state index contributed by atoms with van der Waals surface area (Å²) in [4.78, 5) is 2.28. The number of rotatable bonds is 4. The maximum atomic E-state index is 11.0. The average molecular weight is 418 g/mol. The van der Waals surface area contributed by atoms with E-state index in [1.165, 1.54) is 0 Å². The van der Waals surface area contributed by atoms with Gasteiger partial charge < -0.3 is 19.1 Å². The fourth-order valence-electron chi connectivity index (χ4n) is 3.60. The van der Waals surface area contributed by atoms with Crippen molar-refractivity contribution in [1.29, 1.82) is 0 Å². The van der Waals surface area contributed by atoms with E-state index in [0.717, 1.165) is 13.0 Å². The van der Waals surface area contributed by atoms with Crippen molar-refractivity contribution in [3.63, 3.8) is 0 Å². The number of hydrogen-bond acceptors (Lipinski definition) is 5. The lowest BCUT2D eigenvalue weighted by Gasteiger charge is -2.48. The third-order valence-electron chi connectivity index (χ3n) is 7.50. The second kappa shape index (κ2) is 7.49. The molecular formula is C20H43NO4Si2. The molecule has 0 aromatic heterocycles. The lowest BCUT2D eigenvalue weighted by atomic mass is 9.93. The van der Waals surface area contributed by atoms with Gasteiger partial charge in [-0.25, -0.2) is 0 Å². The molecule has 0 spiro atoms. The minimum absolute atomic E-state index is 0.00985. The predicted octanol–water partition coefficient (Wildman–Crippen LogP) is 3.58. The van der Waals surface area contributed by atoms with Gasteiger partial charge in [0.2, 0.25) is 0 Å². The zero-order valence-corrected chi connectivity index (χ0v) is 21.2. The SMILES string of the molecule is CC(C)(C)[Si](C)(C)O[C@H]1CN2CC[C@H](O[Si](C)(C)C(C)(C)C)[C@@H]2[C@@H](O)[C@@H]1O. The summed E-state index contributed by atoms with van der Waals surface area (Å²) in [6, 6.07) is -0.131. The van der Waals surface area contributed by atoms with Gasteiger partial charge in [-0.1, -0.05) is 41.5 Å². The molecule has 0 aromatic carbocycles. The standard InChI is InChI=1S/C20H43NO4Si2/c1-19(2,3)26(7,8)24-14-11-12-21-13-15(17(22)18(23)16(14)21)25-27(9,10)20(4,5)6/h14-18,22-23H,11-13H2,1-10H3/t14-,15-,16+,17+,18+/m0/s1. The smallest absolute Gasteiger partial charge is 0.192 e. The average Bonchev–Trinajstić information content (AvgIpc) is 2.84. The minimum atomic E-state index is -2.01. The normalized spacial score (nSPS) is 34.0. The molecule has 7 heteroatoms. The van der Waals surface area contributed by atoms with Gasteiger partial charge in [-0.2, -0.15) is 0 Å². The van der Waals surface area contributed by atoms with E-state index >= 15 is 0 Å². The summed E-state index contributed by atoms with van der Waals surface area (Å²) in [6.45, 7) is 23.8. The van der Waals surface area contributed by atoms with Gasteiger partial charge in [0.25, 0.3) is 0 Å². The molecule has 0 aliphatic carbocycles. The van der Waals surface area contributed by atoms with E-state index in [1.54, 1.807) is 0 Å². The maximum Gasteiger partial charge on any atom is 0.192 e. The molecule has 5 atom stereocenters. The molecule has 160 valence electrons. The van der Waals surface area contributed by atoms with Crippen LogP contribution in [0.3, 0.4) is 0 Å². The second-order valence-corrected chi connectivity index (χ2v) is 21.1. The Labute approximate surface area is 168 Å². The van der Waals surface area contributed by atoms with Crippen LogP contribution in [0.1, 0.15) is 48.0 Å². The molecule has 2 saturated heterocycles. The Balaban J connectivity index is 2.13. The van der Waals surface area contributed by atoms with E-state index in [-0.39, 0.29) is 28.3 Å². The Bertz CT molecular complexity index is 501. The Morgan fingerprint density at radius 2 is 1.22 bits per heavy atom. The largest absolute Gasteiger partial charge is 0.412 e. The Hall–Kier alpha value is 0.234. The fourth-order valence-corrected chi connectivity index (χ4v) is 6.30. The van der Waals surface area contributed by atoms with Gasteiger partial charge in [0.15, 0.2) is 16.6 Å². The quantitative estimate of drug-likeness (QED) is 0.685. The Morgan fingerprint density at radius 3 is 1.67 bits per heavy atom. The second-order valence-electron chi connectivity index (χ2n) is 11.6. The molecular weight excluding hydrogens is 374 g/mol. The molecule has 2 heterocycles. The van der Waals surface area contributed by atoms with Crippen LogP contribution in [0.4, 0.5) is 0 Å². The first-order valence-electron chi connectivity index (χ1n) is 10.4. The topological polar surface area (TPSA) is 62.2 Å². The molecule has 0 aromatic rings. The van der Waals surface area contributed by atoms with Crippen LogP contribution in [-0.4, -0.2) is 75.3 Å². The third-order valence-corrected chi connectivity index (χ3v) is 16.5. The number of fused-ring (bicyclic) bond motifs is 1. The van der Waals surface area contributed by atoms with Gasteiger partial charge in [0.05, 0.1) is 18.2 Å². The zero-order valence-electron chi connectivity index (χ0n) is 19.2. The summed E-state index contributed by atoms with van der Waals surface area (Å²) in [5.74, 6) is 0. The van der Waals surface area contributed by atoms with Crippen LogP contribution in [0.5, 0.6) is 0 Å². The van der Waals surface area contributed by atoms with Crippen LogP contribution in [0, 0.1) is 0 Å². The minimum Gasteiger partial charge on any atom is -0.412 e. The van der Waals surface area contributed by atoms with Crippen molar-refractivity contribution in [3.05, 3.63) is 0 Å². The highest BCUT2D eigenvalue weighted by Crippen LogP contribution is 2.42. The van der Waals surface area contributed by atoms with Crippen molar-refractivity contribution in [1.82, 2.24) is 4.90 Å². The van der Waals surface area contributed by atoms with Crippen molar-refractivity contribution in [3.8, 4) is 0 Å². The molecule has 0 radical (unpaired) electrons. The number of nitrogens with zero attached hydrogens (tertiary/aromatic N) is 1. The van der Waals surface area contributed by atoms with Crippen molar-refractivity contribution in [2.24, 2.45) is 0 Å². The first-order chi connectivity index (χ1) is 12.0. The van der Waals surface area contributed by atoms with E-state index in [4.69, 9.17) is 8.85 Å². The molecule has 2 aliphatic rings. The lowest BCUT2D eigenvalue weighted by Crippen LogP contribution is -2.65. The highest BCUT2D eigenvalue weighted by atomic mass is 28.4. The zero-order chi connectivity index (χ0) is 21.0. The van der Waals surface area contributed by atoms with E-state index in [0.29, 0.717) is 6.54 Å². The molecule has 2 fully saturated rings. The van der Waals surface area contributed by atoms with E-state index < -0.39 is 28.8 Å². The van der Waals surface area contributed by atoms with Crippen molar-refractivity contribution in [2.45, 2.75) is 115 Å². The lowest BCUT2D eigenvalue weighted by molar-refractivity contribution is -0.135. The molecule has 27 heavy (non-hydrogen) atoms. The predicted molar refractivity (Wildman–Crippen MR) is 116 cm³/mol. The summed E-state index contributed by atoms with van der Waals surface area (Å²) in [5.41, 5.74) is 0. The summed E-state index contributed by atoms with van der Waals surface area (Å²) in [5, 5.41) is 22.0. The fraction of sp³-hybridized carbons (Fsp3) is 1.00. The van der Waals surface area contributed by atoms with E-state index in [9.17, 15) is 10.2 Å². The van der Waals surface area contributed by atoms with Crippen LogP contribution in [0.2, 0.25) is 36.3 Å². The van der Waals surface area contributed by atoms with Crippen LogP contribution in [0.25, 0.3) is 0 Å². The van der Waals surface area contributed by atoms with Crippen LogP contribution in [-0.2, 0) is 8.85 Å². The van der Waals surface area contributed by atoms with Crippen LogP contribution in [0.15, 0.2) is 0 Å². The van der Waals surface area contributed by atoms with Crippen LogP contribution < -0.4 is 0 Å².